The monoisotopic (exact) mass is 304 g/mol. The molecule has 0 aliphatic carbocycles. The molecule has 0 N–H and O–H groups in total. The molecule has 0 saturated heterocycles. The van der Waals surface area contributed by atoms with Gasteiger partial charge in [-0.25, -0.2) is 0 Å². The van der Waals surface area contributed by atoms with E-state index in [1.54, 1.807) is 6.07 Å². The van der Waals surface area contributed by atoms with Crippen LogP contribution >= 0.6 is 46.4 Å². The Morgan fingerprint density at radius 2 is 1.41 bits per heavy atom. The lowest BCUT2D eigenvalue weighted by Crippen LogP contribution is -1.87. The number of hydrogen-bond acceptors (Lipinski definition) is 0. The summed E-state index contributed by atoms with van der Waals surface area (Å²) in [7, 11) is 0. The van der Waals surface area contributed by atoms with Crippen LogP contribution in [0.25, 0.3) is 11.1 Å². The van der Waals surface area contributed by atoms with Crippen molar-refractivity contribution in [2.75, 3.05) is 0 Å². The van der Waals surface area contributed by atoms with Crippen LogP contribution in [0.5, 0.6) is 0 Å². The van der Waals surface area contributed by atoms with Crippen molar-refractivity contribution in [3.63, 3.8) is 0 Å². The van der Waals surface area contributed by atoms with E-state index in [1.807, 2.05) is 30.3 Å². The number of hydrogen-bond donors (Lipinski definition) is 0. The first-order valence-electron chi connectivity index (χ1n) is 4.91. The largest absolute Gasteiger partial charge is 0.122 e. The highest BCUT2D eigenvalue weighted by atomic mass is 35.5. The summed E-state index contributed by atoms with van der Waals surface area (Å²) in [5.74, 6) is 0.389. The van der Waals surface area contributed by atoms with Gasteiger partial charge in [-0.1, -0.05) is 40.9 Å². The van der Waals surface area contributed by atoms with Gasteiger partial charge in [-0.15, -0.1) is 11.6 Å². The van der Waals surface area contributed by atoms with E-state index < -0.39 is 0 Å². The Labute approximate surface area is 120 Å². The minimum atomic E-state index is 0.389. The van der Waals surface area contributed by atoms with Gasteiger partial charge >= 0.3 is 0 Å². The number of alkyl halides is 1. The maximum atomic E-state index is 5.98. The number of benzene rings is 2. The van der Waals surface area contributed by atoms with Gasteiger partial charge < -0.3 is 0 Å². The average molecular weight is 306 g/mol. The summed E-state index contributed by atoms with van der Waals surface area (Å²) < 4.78 is 0. The third-order valence-electron chi connectivity index (χ3n) is 2.38. The van der Waals surface area contributed by atoms with Crippen LogP contribution in [-0.4, -0.2) is 0 Å². The van der Waals surface area contributed by atoms with Gasteiger partial charge in [0.05, 0.1) is 0 Å². The quantitative estimate of drug-likeness (QED) is 0.592. The van der Waals surface area contributed by atoms with Gasteiger partial charge in [0.15, 0.2) is 0 Å². The number of halogens is 4. The van der Waals surface area contributed by atoms with Crippen molar-refractivity contribution < 1.29 is 0 Å². The minimum Gasteiger partial charge on any atom is -0.122 e. The van der Waals surface area contributed by atoms with Gasteiger partial charge in [-0.3, -0.25) is 0 Å². The van der Waals surface area contributed by atoms with E-state index in [2.05, 4.69) is 0 Å². The smallest absolute Gasteiger partial charge is 0.0480 e. The molecule has 0 amide bonds. The van der Waals surface area contributed by atoms with Gasteiger partial charge in [0.1, 0.15) is 0 Å². The van der Waals surface area contributed by atoms with Crippen molar-refractivity contribution in [3.8, 4) is 11.1 Å². The summed E-state index contributed by atoms with van der Waals surface area (Å²) in [5, 5.41) is 1.86. The second-order valence-electron chi connectivity index (χ2n) is 3.59. The van der Waals surface area contributed by atoms with Gasteiger partial charge in [0.2, 0.25) is 0 Å². The zero-order valence-corrected chi connectivity index (χ0v) is 11.7. The van der Waals surface area contributed by atoms with E-state index in [-0.39, 0.29) is 0 Å². The Morgan fingerprint density at radius 3 is 2.00 bits per heavy atom. The van der Waals surface area contributed by atoms with Crippen LogP contribution in [0.1, 0.15) is 5.56 Å². The molecule has 0 radical (unpaired) electrons. The van der Waals surface area contributed by atoms with Crippen molar-refractivity contribution in [2.45, 2.75) is 5.88 Å². The third kappa shape index (κ3) is 3.08. The van der Waals surface area contributed by atoms with Crippen LogP contribution in [0.15, 0.2) is 36.4 Å². The highest BCUT2D eigenvalue weighted by molar-refractivity contribution is 6.35. The first-order chi connectivity index (χ1) is 8.10. The van der Waals surface area contributed by atoms with E-state index in [9.17, 15) is 0 Å². The maximum Gasteiger partial charge on any atom is 0.0480 e. The molecule has 88 valence electrons. The van der Waals surface area contributed by atoms with Crippen molar-refractivity contribution >= 4 is 46.4 Å². The van der Waals surface area contributed by atoms with Crippen LogP contribution in [0.3, 0.4) is 0 Å². The van der Waals surface area contributed by atoms with Crippen LogP contribution in [0.4, 0.5) is 0 Å². The Bertz CT molecular complexity index is 529. The molecule has 0 aliphatic heterocycles. The molecule has 4 heteroatoms. The van der Waals surface area contributed by atoms with Crippen LogP contribution in [0.2, 0.25) is 15.1 Å². The molecule has 0 nitrogen and oxygen atoms in total. The first-order valence-corrected chi connectivity index (χ1v) is 6.58. The molecule has 0 saturated carbocycles. The standard InChI is InChI=1S/C13H8Cl4/c14-7-9-5-10(15)1-2-13(9)8-3-11(16)6-12(17)4-8/h1-6H,7H2. The normalized spacial score (nSPS) is 10.6. The molecule has 0 fully saturated rings. The zero-order valence-electron chi connectivity index (χ0n) is 8.68. The van der Waals surface area contributed by atoms with E-state index >= 15 is 0 Å². The molecule has 0 aliphatic rings. The molecule has 0 spiro atoms. The minimum absolute atomic E-state index is 0.389. The van der Waals surface area contributed by atoms with E-state index in [1.165, 1.54) is 0 Å². The predicted molar refractivity (Wildman–Crippen MR) is 76.5 cm³/mol. The summed E-state index contributed by atoms with van der Waals surface area (Å²) in [4.78, 5) is 0. The molecule has 0 heterocycles. The lowest BCUT2D eigenvalue weighted by molar-refractivity contribution is 1.40. The lowest BCUT2D eigenvalue weighted by Gasteiger charge is -2.09. The maximum absolute atomic E-state index is 5.98. The first kappa shape index (κ1) is 13.0. The van der Waals surface area contributed by atoms with Crippen molar-refractivity contribution in [1.29, 1.82) is 0 Å². The predicted octanol–water partition coefficient (Wildman–Crippen LogP) is 6.05. The molecule has 0 bridgehead atoms. The molecule has 17 heavy (non-hydrogen) atoms. The average Bonchev–Trinajstić information content (AvgIpc) is 2.27. The van der Waals surface area contributed by atoms with E-state index in [0.29, 0.717) is 20.9 Å². The summed E-state index contributed by atoms with van der Waals surface area (Å²) >= 11 is 23.8. The molecule has 2 rings (SSSR count). The Balaban J connectivity index is 2.59. The van der Waals surface area contributed by atoms with Crippen LogP contribution in [0, 0.1) is 0 Å². The molecule has 2 aromatic carbocycles. The fraction of sp³-hybridized carbons (Fsp3) is 0.0769. The van der Waals surface area contributed by atoms with E-state index in [0.717, 1.165) is 16.7 Å². The van der Waals surface area contributed by atoms with Gasteiger partial charge in [-0.2, -0.15) is 0 Å². The Hall–Kier alpha value is -0.400. The van der Waals surface area contributed by atoms with Crippen molar-refractivity contribution in [1.82, 2.24) is 0 Å². The fourth-order valence-electron chi connectivity index (χ4n) is 1.66. The highest BCUT2D eigenvalue weighted by Gasteiger charge is 2.07. The van der Waals surface area contributed by atoms with Crippen LogP contribution < -0.4 is 0 Å². The second kappa shape index (κ2) is 5.49. The molecule has 0 atom stereocenters. The topological polar surface area (TPSA) is 0 Å². The second-order valence-corrected chi connectivity index (χ2v) is 5.17. The fourth-order valence-corrected chi connectivity index (χ4v) is 2.61. The molecular weight excluding hydrogens is 298 g/mol. The summed E-state index contributed by atoms with van der Waals surface area (Å²) in [5.41, 5.74) is 2.89. The Kier molecular flexibility index (Phi) is 4.22. The zero-order chi connectivity index (χ0) is 12.4. The molecule has 0 aromatic heterocycles. The number of rotatable bonds is 2. The summed E-state index contributed by atoms with van der Waals surface area (Å²) in [6, 6.07) is 11.0. The summed E-state index contributed by atoms with van der Waals surface area (Å²) in [6.07, 6.45) is 0. The van der Waals surface area contributed by atoms with Crippen molar-refractivity contribution in [3.05, 3.63) is 57.0 Å². The SMILES string of the molecule is ClCc1cc(Cl)ccc1-c1cc(Cl)cc(Cl)c1. The molecule has 0 unspecified atom stereocenters. The highest BCUT2D eigenvalue weighted by Crippen LogP contribution is 2.31. The van der Waals surface area contributed by atoms with Crippen LogP contribution in [-0.2, 0) is 5.88 Å². The van der Waals surface area contributed by atoms with Crippen molar-refractivity contribution in [2.24, 2.45) is 0 Å². The molecular formula is C13H8Cl4. The van der Waals surface area contributed by atoms with E-state index in [4.69, 9.17) is 46.4 Å². The van der Waals surface area contributed by atoms with Gasteiger partial charge in [0, 0.05) is 20.9 Å². The van der Waals surface area contributed by atoms with Gasteiger partial charge in [0.25, 0.3) is 0 Å². The molecule has 2 aromatic rings. The third-order valence-corrected chi connectivity index (χ3v) is 3.34. The lowest BCUT2D eigenvalue weighted by atomic mass is 10.0. The summed E-state index contributed by atoms with van der Waals surface area (Å²) in [6.45, 7) is 0. The van der Waals surface area contributed by atoms with Gasteiger partial charge in [-0.05, 0) is 47.0 Å². The Morgan fingerprint density at radius 1 is 0.765 bits per heavy atom.